The smallest absolute Gasteiger partial charge is 0.0574 e. The Morgan fingerprint density at radius 1 is 0.464 bits per heavy atom. The van der Waals surface area contributed by atoms with E-state index in [0.717, 1.165) is 47.3 Å². The summed E-state index contributed by atoms with van der Waals surface area (Å²) in [6, 6.07) is 0. The summed E-state index contributed by atoms with van der Waals surface area (Å²) in [7, 11) is 1.99. The average Bonchev–Trinajstić information content (AvgIpc) is 2.78. The van der Waals surface area contributed by atoms with Gasteiger partial charge in [-0.3, -0.25) is 0 Å². The van der Waals surface area contributed by atoms with Crippen LogP contribution in [-0.2, 0) is 4.74 Å². The maximum Gasteiger partial charge on any atom is 0.0574 e. The Balaban J connectivity index is 1.47. The van der Waals surface area contributed by atoms with Crippen LogP contribution in [0.3, 0.4) is 0 Å². The van der Waals surface area contributed by atoms with Crippen LogP contribution in [0.25, 0.3) is 0 Å². The Morgan fingerprint density at radius 3 is 1.46 bits per heavy atom. The molecule has 0 unspecified atom stereocenters. The zero-order valence-electron chi connectivity index (χ0n) is 18.6. The molecule has 28 heavy (non-hydrogen) atoms. The van der Waals surface area contributed by atoms with Gasteiger partial charge in [0.25, 0.3) is 0 Å². The minimum Gasteiger partial charge on any atom is -0.381 e. The van der Waals surface area contributed by atoms with E-state index in [2.05, 4.69) is 0 Å². The monoisotopic (exact) mass is 386 g/mol. The Morgan fingerprint density at radius 2 is 0.929 bits per heavy atom. The number of methoxy groups -OCH3 is 1. The van der Waals surface area contributed by atoms with Crippen molar-refractivity contribution in [2.45, 2.75) is 115 Å². The first-order valence-electron chi connectivity index (χ1n) is 13.4. The first kappa shape index (κ1) is 19.9. The lowest BCUT2D eigenvalue weighted by Crippen LogP contribution is -2.54. The maximum absolute atomic E-state index is 5.99. The van der Waals surface area contributed by atoms with Crippen LogP contribution in [0.5, 0.6) is 0 Å². The molecule has 0 aromatic heterocycles. The molecule has 5 rings (SSSR count). The zero-order valence-corrected chi connectivity index (χ0v) is 18.6. The Bertz CT molecular complexity index is 488. The van der Waals surface area contributed by atoms with E-state index in [1.165, 1.54) is 64.2 Å². The molecule has 0 saturated heterocycles. The van der Waals surface area contributed by atoms with E-state index in [9.17, 15) is 0 Å². The molecule has 0 bridgehead atoms. The summed E-state index contributed by atoms with van der Waals surface area (Å²) in [5.74, 6) is 8.55. The van der Waals surface area contributed by atoms with Crippen molar-refractivity contribution >= 4 is 0 Å². The van der Waals surface area contributed by atoms with E-state index < -0.39 is 0 Å². The van der Waals surface area contributed by atoms with Gasteiger partial charge in [-0.2, -0.15) is 0 Å². The van der Waals surface area contributed by atoms with Crippen molar-refractivity contribution in [3.63, 3.8) is 0 Å². The second kappa shape index (κ2) is 8.99. The molecular weight excluding hydrogens is 340 g/mol. The highest BCUT2D eigenvalue weighted by atomic mass is 16.5. The van der Waals surface area contributed by atoms with Crippen molar-refractivity contribution in [2.75, 3.05) is 7.11 Å². The van der Waals surface area contributed by atoms with E-state index in [4.69, 9.17) is 4.74 Å². The molecule has 5 fully saturated rings. The molecule has 0 heterocycles. The molecule has 0 spiro atoms. The normalized spacial score (nSPS) is 46.0. The summed E-state index contributed by atoms with van der Waals surface area (Å²) >= 11 is 0. The first-order chi connectivity index (χ1) is 13.9. The maximum atomic E-state index is 5.99. The van der Waals surface area contributed by atoms with E-state index in [1.54, 1.807) is 44.9 Å². The predicted molar refractivity (Wildman–Crippen MR) is 117 cm³/mol. The van der Waals surface area contributed by atoms with Crippen LogP contribution in [0.4, 0.5) is 0 Å². The standard InChI is InChI=1S/C27H46O/c1-28-21-16-17-24-25(18-21)27(20-12-6-3-7-13-20)23-15-9-8-14-22(23)26(24)19-10-4-2-5-11-19/h19-27H,2-18H2,1H3/t21-,22+,23-,24-,25-,26+,27-/m1/s1. The molecule has 0 aromatic carbocycles. The van der Waals surface area contributed by atoms with Gasteiger partial charge in [0.2, 0.25) is 0 Å². The molecule has 160 valence electrons. The van der Waals surface area contributed by atoms with Gasteiger partial charge in [-0.25, -0.2) is 0 Å². The third-order valence-electron chi connectivity index (χ3n) is 10.5. The molecule has 0 radical (unpaired) electrons. The summed E-state index contributed by atoms with van der Waals surface area (Å²) in [5.41, 5.74) is 0. The highest BCUT2D eigenvalue weighted by Crippen LogP contribution is 2.62. The largest absolute Gasteiger partial charge is 0.381 e. The molecule has 5 aliphatic rings. The summed E-state index contributed by atoms with van der Waals surface area (Å²) in [6.45, 7) is 0. The fourth-order valence-electron chi connectivity index (χ4n) is 9.54. The van der Waals surface area contributed by atoms with E-state index in [0.29, 0.717) is 6.10 Å². The number of hydrogen-bond donors (Lipinski definition) is 0. The van der Waals surface area contributed by atoms with Gasteiger partial charge >= 0.3 is 0 Å². The molecule has 1 nitrogen and oxygen atoms in total. The lowest BCUT2D eigenvalue weighted by Gasteiger charge is -2.60. The van der Waals surface area contributed by atoms with E-state index in [1.807, 2.05) is 7.11 Å². The Kier molecular flexibility index (Phi) is 6.39. The number of ether oxygens (including phenoxy) is 1. The molecule has 0 amide bonds. The van der Waals surface area contributed by atoms with Gasteiger partial charge in [0.15, 0.2) is 0 Å². The molecule has 5 saturated carbocycles. The van der Waals surface area contributed by atoms with Crippen molar-refractivity contribution in [2.24, 2.45) is 47.3 Å². The van der Waals surface area contributed by atoms with Crippen LogP contribution in [0.15, 0.2) is 0 Å². The van der Waals surface area contributed by atoms with Gasteiger partial charge in [0, 0.05) is 7.11 Å². The summed E-state index contributed by atoms with van der Waals surface area (Å²) in [5, 5.41) is 0. The summed E-state index contributed by atoms with van der Waals surface area (Å²) in [4.78, 5) is 0. The van der Waals surface area contributed by atoms with Gasteiger partial charge in [-0.1, -0.05) is 77.0 Å². The Labute approximate surface area is 174 Å². The van der Waals surface area contributed by atoms with Crippen LogP contribution in [0.1, 0.15) is 109 Å². The minimum absolute atomic E-state index is 0.569. The molecule has 0 N–H and O–H groups in total. The van der Waals surface area contributed by atoms with E-state index in [-0.39, 0.29) is 0 Å². The van der Waals surface area contributed by atoms with Gasteiger partial charge in [0.05, 0.1) is 6.10 Å². The average molecular weight is 387 g/mol. The summed E-state index contributed by atoms with van der Waals surface area (Å²) < 4.78 is 5.99. The van der Waals surface area contributed by atoms with Crippen LogP contribution in [0.2, 0.25) is 0 Å². The van der Waals surface area contributed by atoms with Crippen LogP contribution in [0, 0.1) is 47.3 Å². The lowest BCUT2D eigenvalue weighted by atomic mass is 9.45. The predicted octanol–water partition coefficient (Wildman–Crippen LogP) is 7.63. The molecule has 0 aliphatic heterocycles. The van der Waals surface area contributed by atoms with Crippen molar-refractivity contribution in [1.82, 2.24) is 0 Å². The second-order valence-corrected chi connectivity index (χ2v) is 11.6. The fraction of sp³-hybridized carbons (Fsp3) is 1.00. The highest BCUT2D eigenvalue weighted by molar-refractivity contribution is 5.04. The number of hydrogen-bond acceptors (Lipinski definition) is 1. The third kappa shape index (κ3) is 3.72. The van der Waals surface area contributed by atoms with Gasteiger partial charge < -0.3 is 4.74 Å². The fourth-order valence-corrected chi connectivity index (χ4v) is 9.54. The molecule has 5 aliphatic carbocycles. The topological polar surface area (TPSA) is 9.23 Å². The number of fused-ring (bicyclic) bond motifs is 2. The van der Waals surface area contributed by atoms with Gasteiger partial charge in [0.1, 0.15) is 0 Å². The zero-order chi connectivity index (χ0) is 18.9. The van der Waals surface area contributed by atoms with Gasteiger partial charge in [-0.05, 0) is 79.4 Å². The SMILES string of the molecule is CO[C@@H]1CC[C@@H]2[C@@H](C1)[C@H](C1CCCCC1)[C@@H]1CCCC[C@@H]1[C@@H]2C1CCCCC1. The van der Waals surface area contributed by atoms with Crippen molar-refractivity contribution in [3.8, 4) is 0 Å². The summed E-state index contributed by atoms with van der Waals surface area (Å²) in [6.07, 6.45) is 26.5. The molecule has 0 aromatic rings. The van der Waals surface area contributed by atoms with Crippen molar-refractivity contribution in [3.05, 3.63) is 0 Å². The van der Waals surface area contributed by atoms with Crippen LogP contribution in [-0.4, -0.2) is 13.2 Å². The van der Waals surface area contributed by atoms with E-state index >= 15 is 0 Å². The third-order valence-corrected chi connectivity index (χ3v) is 10.5. The highest BCUT2D eigenvalue weighted by Gasteiger charge is 2.55. The lowest BCUT2D eigenvalue weighted by molar-refractivity contribution is -0.131. The second-order valence-electron chi connectivity index (χ2n) is 11.6. The van der Waals surface area contributed by atoms with Crippen LogP contribution >= 0.6 is 0 Å². The quantitative estimate of drug-likeness (QED) is 0.484. The van der Waals surface area contributed by atoms with Gasteiger partial charge in [-0.15, -0.1) is 0 Å². The minimum atomic E-state index is 0.569. The van der Waals surface area contributed by atoms with Crippen molar-refractivity contribution in [1.29, 1.82) is 0 Å². The molecular formula is C27H46O. The molecule has 1 heteroatoms. The Hall–Kier alpha value is -0.0400. The van der Waals surface area contributed by atoms with Crippen LogP contribution < -0.4 is 0 Å². The number of rotatable bonds is 3. The van der Waals surface area contributed by atoms with Crippen molar-refractivity contribution < 1.29 is 4.74 Å². The first-order valence-corrected chi connectivity index (χ1v) is 13.4. The molecule has 7 atom stereocenters.